The smallest absolute Gasteiger partial charge is 0.229 e. The van der Waals surface area contributed by atoms with E-state index >= 15 is 0 Å². The van der Waals surface area contributed by atoms with Crippen molar-refractivity contribution in [1.82, 2.24) is 9.97 Å². The second kappa shape index (κ2) is 6.78. The predicted molar refractivity (Wildman–Crippen MR) is 83.6 cm³/mol. The Bertz CT molecular complexity index is 602. The highest BCUT2D eigenvalue weighted by molar-refractivity contribution is 5.60. The van der Waals surface area contributed by atoms with Crippen LogP contribution in [0.5, 0.6) is 11.5 Å². The molecule has 0 aliphatic rings. The Kier molecular flexibility index (Phi) is 4.81. The molecule has 0 bridgehead atoms. The molecule has 2 N–H and O–H groups in total. The van der Waals surface area contributed by atoms with E-state index in [1.165, 1.54) is 0 Å². The van der Waals surface area contributed by atoms with E-state index in [-0.39, 0.29) is 0 Å². The van der Waals surface area contributed by atoms with Crippen molar-refractivity contribution in [1.29, 1.82) is 0 Å². The number of hydrogen-bond donors (Lipinski definition) is 2. The van der Waals surface area contributed by atoms with Crippen molar-refractivity contribution >= 4 is 17.5 Å². The van der Waals surface area contributed by atoms with Crippen LogP contribution in [0.2, 0.25) is 0 Å². The summed E-state index contributed by atoms with van der Waals surface area (Å²) in [5.74, 6) is 2.63. The summed E-state index contributed by atoms with van der Waals surface area (Å²) < 4.78 is 10.5. The molecule has 6 heteroatoms. The lowest BCUT2D eigenvalue weighted by atomic mass is 10.3. The van der Waals surface area contributed by atoms with E-state index in [0.29, 0.717) is 23.5 Å². The van der Waals surface area contributed by atoms with Gasteiger partial charge in [0.25, 0.3) is 0 Å². The second-order valence-electron chi connectivity index (χ2n) is 4.76. The van der Waals surface area contributed by atoms with Crippen molar-refractivity contribution in [3.8, 4) is 11.5 Å². The summed E-state index contributed by atoms with van der Waals surface area (Å²) in [6.07, 6.45) is 1.71. The van der Waals surface area contributed by atoms with Crippen molar-refractivity contribution in [3.05, 3.63) is 30.5 Å². The average Bonchev–Trinajstić information content (AvgIpc) is 2.46. The van der Waals surface area contributed by atoms with Gasteiger partial charge in [0.15, 0.2) is 11.5 Å². The van der Waals surface area contributed by atoms with Crippen molar-refractivity contribution in [3.63, 3.8) is 0 Å². The van der Waals surface area contributed by atoms with E-state index in [0.717, 1.165) is 11.5 Å². The zero-order valence-electron chi connectivity index (χ0n) is 12.7. The largest absolute Gasteiger partial charge is 0.493 e. The summed E-state index contributed by atoms with van der Waals surface area (Å²) in [6.45, 7) is 4.12. The van der Waals surface area contributed by atoms with Crippen LogP contribution in [0.1, 0.15) is 13.8 Å². The lowest BCUT2D eigenvalue weighted by Crippen LogP contribution is -2.11. The van der Waals surface area contributed by atoms with Crippen LogP contribution in [-0.2, 0) is 0 Å². The fourth-order valence-corrected chi connectivity index (χ4v) is 1.84. The molecule has 112 valence electrons. The zero-order chi connectivity index (χ0) is 15.2. The van der Waals surface area contributed by atoms with Gasteiger partial charge in [-0.25, -0.2) is 4.98 Å². The monoisotopic (exact) mass is 288 g/mol. The van der Waals surface area contributed by atoms with Gasteiger partial charge in [0.1, 0.15) is 5.82 Å². The lowest BCUT2D eigenvalue weighted by Gasteiger charge is -2.12. The van der Waals surface area contributed by atoms with Gasteiger partial charge in [0.2, 0.25) is 5.95 Å². The first-order valence-corrected chi connectivity index (χ1v) is 6.71. The highest BCUT2D eigenvalue weighted by Crippen LogP contribution is 2.30. The molecule has 0 amide bonds. The van der Waals surface area contributed by atoms with Crippen LogP contribution in [0.25, 0.3) is 0 Å². The molecule has 0 aliphatic heterocycles. The van der Waals surface area contributed by atoms with Crippen molar-refractivity contribution in [2.24, 2.45) is 0 Å². The van der Waals surface area contributed by atoms with Gasteiger partial charge < -0.3 is 20.1 Å². The molecule has 0 saturated carbocycles. The lowest BCUT2D eigenvalue weighted by molar-refractivity contribution is 0.355. The van der Waals surface area contributed by atoms with E-state index in [2.05, 4.69) is 34.4 Å². The third-order valence-corrected chi connectivity index (χ3v) is 2.73. The standard InChI is InChI=1S/C15H20N4O2/c1-10(2)17-14-7-8-16-15(19-14)18-11-5-6-12(20-3)13(9-11)21-4/h5-10H,1-4H3,(H2,16,17,18,19). The Morgan fingerprint density at radius 3 is 2.48 bits per heavy atom. The van der Waals surface area contributed by atoms with Crippen LogP contribution in [0.3, 0.4) is 0 Å². The zero-order valence-corrected chi connectivity index (χ0v) is 12.7. The number of benzene rings is 1. The van der Waals surface area contributed by atoms with Gasteiger partial charge in [0, 0.05) is 24.0 Å². The second-order valence-corrected chi connectivity index (χ2v) is 4.76. The van der Waals surface area contributed by atoms with Crippen molar-refractivity contribution < 1.29 is 9.47 Å². The summed E-state index contributed by atoms with van der Waals surface area (Å²) in [4.78, 5) is 8.61. The molecule has 0 saturated heterocycles. The number of aromatic nitrogens is 2. The number of methoxy groups -OCH3 is 2. The molecule has 0 unspecified atom stereocenters. The maximum Gasteiger partial charge on any atom is 0.229 e. The Labute approximate surface area is 124 Å². The minimum Gasteiger partial charge on any atom is -0.493 e. The summed E-state index contributed by atoms with van der Waals surface area (Å²) in [6, 6.07) is 7.70. The number of anilines is 3. The summed E-state index contributed by atoms with van der Waals surface area (Å²) in [7, 11) is 3.21. The molecular formula is C15H20N4O2. The molecule has 1 heterocycles. The molecule has 1 aromatic carbocycles. The number of nitrogens with one attached hydrogen (secondary N) is 2. The maximum absolute atomic E-state index is 5.27. The first kappa shape index (κ1) is 14.9. The van der Waals surface area contributed by atoms with Crippen LogP contribution in [-0.4, -0.2) is 30.2 Å². The number of rotatable bonds is 6. The Hall–Kier alpha value is -2.50. The summed E-state index contributed by atoms with van der Waals surface area (Å²) in [5.41, 5.74) is 0.828. The predicted octanol–water partition coefficient (Wildman–Crippen LogP) is 3.06. The third kappa shape index (κ3) is 3.98. The molecule has 6 nitrogen and oxygen atoms in total. The van der Waals surface area contributed by atoms with Crippen LogP contribution >= 0.6 is 0 Å². The molecule has 0 spiro atoms. The van der Waals surface area contributed by atoms with Gasteiger partial charge in [-0.15, -0.1) is 0 Å². The first-order valence-electron chi connectivity index (χ1n) is 6.71. The summed E-state index contributed by atoms with van der Waals surface area (Å²) >= 11 is 0. The molecule has 2 rings (SSSR count). The number of ether oxygens (including phenoxy) is 2. The molecule has 2 aromatic rings. The highest BCUT2D eigenvalue weighted by atomic mass is 16.5. The third-order valence-electron chi connectivity index (χ3n) is 2.73. The van der Waals surface area contributed by atoms with Gasteiger partial charge in [-0.2, -0.15) is 4.98 Å². The average molecular weight is 288 g/mol. The number of nitrogens with zero attached hydrogens (tertiary/aromatic N) is 2. The first-order chi connectivity index (χ1) is 10.1. The van der Waals surface area contributed by atoms with Gasteiger partial charge in [-0.3, -0.25) is 0 Å². The molecule has 0 radical (unpaired) electrons. The maximum atomic E-state index is 5.27. The molecule has 0 atom stereocenters. The fourth-order valence-electron chi connectivity index (χ4n) is 1.84. The quantitative estimate of drug-likeness (QED) is 0.851. The van der Waals surface area contributed by atoms with Crippen molar-refractivity contribution in [2.75, 3.05) is 24.9 Å². The minimum atomic E-state index is 0.314. The molecule has 0 aliphatic carbocycles. The van der Waals surface area contributed by atoms with Gasteiger partial charge in [-0.05, 0) is 32.0 Å². The minimum absolute atomic E-state index is 0.314. The van der Waals surface area contributed by atoms with Gasteiger partial charge in [-0.1, -0.05) is 0 Å². The number of hydrogen-bond acceptors (Lipinski definition) is 6. The normalized spacial score (nSPS) is 10.3. The Balaban J connectivity index is 2.18. The van der Waals surface area contributed by atoms with Gasteiger partial charge in [0.05, 0.1) is 14.2 Å². The van der Waals surface area contributed by atoms with E-state index < -0.39 is 0 Å². The summed E-state index contributed by atoms with van der Waals surface area (Å²) in [5, 5.41) is 6.38. The van der Waals surface area contributed by atoms with Crippen LogP contribution in [0.4, 0.5) is 17.5 Å². The topological polar surface area (TPSA) is 68.3 Å². The van der Waals surface area contributed by atoms with E-state index in [9.17, 15) is 0 Å². The molecular weight excluding hydrogens is 268 g/mol. The molecule has 1 aromatic heterocycles. The van der Waals surface area contributed by atoms with E-state index in [4.69, 9.17) is 9.47 Å². The van der Waals surface area contributed by atoms with Crippen molar-refractivity contribution in [2.45, 2.75) is 19.9 Å². The fraction of sp³-hybridized carbons (Fsp3) is 0.333. The Morgan fingerprint density at radius 2 is 1.81 bits per heavy atom. The molecule has 21 heavy (non-hydrogen) atoms. The van der Waals surface area contributed by atoms with Crippen LogP contribution < -0.4 is 20.1 Å². The van der Waals surface area contributed by atoms with E-state index in [1.807, 2.05) is 24.3 Å². The Morgan fingerprint density at radius 1 is 1.05 bits per heavy atom. The molecule has 0 fully saturated rings. The van der Waals surface area contributed by atoms with Gasteiger partial charge >= 0.3 is 0 Å². The van der Waals surface area contributed by atoms with Crippen LogP contribution in [0, 0.1) is 0 Å². The highest BCUT2D eigenvalue weighted by Gasteiger charge is 2.06. The SMILES string of the molecule is COc1ccc(Nc2nccc(NC(C)C)n2)cc1OC. The van der Waals surface area contributed by atoms with Crippen LogP contribution in [0.15, 0.2) is 30.5 Å². The van der Waals surface area contributed by atoms with E-state index in [1.54, 1.807) is 20.4 Å².